The van der Waals surface area contributed by atoms with Crippen molar-refractivity contribution >= 4 is 39.0 Å². The van der Waals surface area contributed by atoms with E-state index >= 15 is 0 Å². The van der Waals surface area contributed by atoms with E-state index in [1.165, 1.54) is 0 Å². The van der Waals surface area contributed by atoms with Crippen LogP contribution in [0.2, 0.25) is 0 Å². The zero-order chi connectivity index (χ0) is 17.1. The summed E-state index contributed by atoms with van der Waals surface area (Å²) in [6.07, 6.45) is 0. The number of carbonyl (C=O) groups is 1. The first kappa shape index (κ1) is 15.7. The van der Waals surface area contributed by atoms with E-state index < -0.39 is 0 Å². The Morgan fingerprint density at radius 3 is 2.92 bits per heavy atom. The molecule has 1 amide bonds. The molecular weight excluding hydrogens is 374 g/mol. The second-order valence-electron chi connectivity index (χ2n) is 7.00. The fourth-order valence-electron chi connectivity index (χ4n) is 3.69. The molecule has 3 heterocycles. The van der Waals surface area contributed by atoms with Crippen LogP contribution in [0.1, 0.15) is 13.8 Å². The van der Waals surface area contributed by atoms with Gasteiger partial charge in [0, 0.05) is 17.6 Å². The highest BCUT2D eigenvalue weighted by atomic mass is 79.9. The molecule has 3 aliphatic heterocycles. The number of likely N-dealkylation sites (N-methyl/N-ethyl adjacent to an activating group) is 1. The quantitative estimate of drug-likeness (QED) is 0.798. The van der Waals surface area contributed by atoms with Gasteiger partial charge in [-0.15, -0.1) is 0 Å². The Kier molecular flexibility index (Phi) is 3.50. The average molecular weight is 394 g/mol. The van der Waals surface area contributed by atoms with Crippen molar-refractivity contribution in [3.05, 3.63) is 16.6 Å². The van der Waals surface area contributed by atoms with Crippen LogP contribution >= 0.6 is 15.9 Å². The highest BCUT2D eigenvalue weighted by molar-refractivity contribution is 9.10. The van der Waals surface area contributed by atoms with E-state index in [1.54, 1.807) is 0 Å². The second kappa shape index (κ2) is 5.35. The minimum Gasteiger partial charge on any atom is -0.483 e. The van der Waals surface area contributed by atoms with Gasteiger partial charge in [-0.3, -0.25) is 4.79 Å². The van der Waals surface area contributed by atoms with Crippen LogP contribution in [-0.4, -0.2) is 55.0 Å². The lowest BCUT2D eigenvalue weighted by Gasteiger charge is -2.47. The first-order valence-electron chi connectivity index (χ1n) is 7.95. The number of amides is 1. The Morgan fingerprint density at radius 1 is 1.46 bits per heavy atom. The molecule has 0 radical (unpaired) electrons. The Bertz CT molecular complexity index is 744. The maximum atomic E-state index is 12.0. The molecule has 3 aliphatic rings. The number of halogens is 1. The van der Waals surface area contributed by atoms with Crippen LogP contribution in [0.25, 0.3) is 0 Å². The minimum absolute atomic E-state index is 0.0445. The van der Waals surface area contributed by atoms with Crippen molar-refractivity contribution in [2.45, 2.75) is 25.4 Å². The van der Waals surface area contributed by atoms with Crippen molar-refractivity contribution in [1.29, 1.82) is 0 Å². The summed E-state index contributed by atoms with van der Waals surface area (Å²) in [5, 5.41) is 7.74. The number of hydrogen-bond donors (Lipinski definition) is 2. The lowest BCUT2D eigenvalue weighted by Crippen LogP contribution is -2.62. The van der Waals surface area contributed by atoms with Gasteiger partial charge in [0.2, 0.25) is 0 Å². The third-order valence-corrected chi connectivity index (χ3v) is 5.34. The SMILES string of the molecule is C[C@@H]1C(=O)NN=C2COc3cc(Br)c(NC4(C)CN(C)C4)cc3N21. The molecule has 1 fully saturated rings. The summed E-state index contributed by atoms with van der Waals surface area (Å²) in [7, 11) is 2.11. The normalized spacial score (nSPS) is 24.8. The van der Waals surface area contributed by atoms with Crippen LogP contribution in [0.4, 0.5) is 11.4 Å². The molecule has 0 bridgehead atoms. The van der Waals surface area contributed by atoms with Crippen LogP contribution in [-0.2, 0) is 4.79 Å². The highest BCUT2D eigenvalue weighted by Crippen LogP contribution is 2.42. The van der Waals surface area contributed by atoms with Gasteiger partial charge < -0.3 is 19.9 Å². The van der Waals surface area contributed by atoms with E-state index in [0.29, 0.717) is 6.61 Å². The maximum Gasteiger partial charge on any atom is 0.262 e. The lowest BCUT2D eigenvalue weighted by atomic mass is 9.92. The van der Waals surface area contributed by atoms with E-state index in [2.05, 4.69) is 50.6 Å². The number of rotatable bonds is 2. The van der Waals surface area contributed by atoms with Crippen molar-refractivity contribution in [2.24, 2.45) is 5.10 Å². The standard InChI is InChI=1S/C16H20BrN5O2/c1-9-15(23)20-19-14-6-24-13-4-10(17)11(5-12(13)22(9)14)18-16(2)7-21(3)8-16/h4-5,9,18H,6-8H2,1-3H3,(H,20,23)/t9-/m1/s1. The Labute approximate surface area is 149 Å². The topological polar surface area (TPSA) is 69.2 Å². The summed E-state index contributed by atoms with van der Waals surface area (Å²) in [4.78, 5) is 16.2. The Balaban J connectivity index is 1.71. The van der Waals surface area contributed by atoms with Crippen LogP contribution in [0.3, 0.4) is 0 Å². The third kappa shape index (κ3) is 2.44. The molecule has 128 valence electrons. The molecular formula is C16H20BrN5O2. The lowest BCUT2D eigenvalue weighted by molar-refractivity contribution is -0.122. The summed E-state index contributed by atoms with van der Waals surface area (Å²) >= 11 is 3.63. The zero-order valence-corrected chi connectivity index (χ0v) is 15.5. The fourth-order valence-corrected chi connectivity index (χ4v) is 4.11. The predicted octanol–water partition coefficient (Wildman–Crippen LogP) is 1.60. The van der Waals surface area contributed by atoms with Gasteiger partial charge >= 0.3 is 0 Å². The number of fused-ring (bicyclic) bond motifs is 3. The molecule has 0 aromatic heterocycles. The molecule has 7 nitrogen and oxygen atoms in total. The molecule has 1 atom stereocenters. The largest absolute Gasteiger partial charge is 0.483 e. The van der Waals surface area contributed by atoms with Gasteiger partial charge in [-0.25, -0.2) is 5.43 Å². The Morgan fingerprint density at radius 2 is 2.21 bits per heavy atom. The number of amidine groups is 1. The monoisotopic (exact) mass is 393 g/mol. The van der Waals surface area contributed by atoms with Crippen LogP contribution < -0.4 is 20.4 Å². The number of benzene rings is 1. The van der Waals surface area contributed by atoms with Crippen molar-refractivity contribution in [3.63, 3.8) is 0 Å². The number of hydrazone groups is 1. The summed E-state index contributed by atoms with van der Waals surface area (Å²) in [6, 6.07) is 3.67. The van der Waals surface area contributed by atoms with Gasteiger partial charge in [0.15, 0.2) is 5.84 Å². The third-order valence-electron chi connectivity index (χ3n) is 4.68. The average Bonchev–Trinajstić information content (AvgIpc) is 2.50. The van der Waals surface area contributed by atoms with E-state index in [1.807, 2.05) is 24.0 Å². The van der Waals surface area contributed by atoms with E-state index in [4.69, 9.17) is 4.74 Å². The smallest absolute Gasteiger partial charge is 0.262 e. The molecule has 0 aliphatic carbocycles. The minimum atomic E-state index is -0.320. The maximum absolute atomic E-state index is 12.0. The van der Waals surface area contributed by atoms with Gasteiger partial charge in [0.1, 0.15) is 18.4 Å². The van der Waals surface area contributed by atoms with Gasteiger partial charge in [-0.05, 0) is 49.0 Å². The summed E-state index contributed by atoms with van der Waals surface area (Å²) in [5.41, 5.74) is 4.45. The molecule has 0 spiro atoms. The number of likely N-dealkylation sites (tertiary alicyclic amines) is 1. The number of nitrogens with one attached hydrogen (secondary N) is 2. The Hall–Kier alpha value is -1.80. The molecule has 4 rings (SSSR count). The van der Waals surface area contributed by atoms with Gasteiger partial charge in [0.25, 0.3) is 5.91 Å². The number of carbonyl (C=O) groups excluding carboxylic acids is 1. The van der Waals surface area contributed by atoms with E-state index in [0.717, 1.165) is 40.5 Å². The molecule has 8 heteroatoms. The molecule has 1 aromatic rings. The molecule has 0 unspecified atom stereocenters. The number of nitrogens with zero attached hydrogens (tertiary/aromatic N) is 3. The first-order valence-corrected chi connectivity index (χ1v) is 8.74. The van der Waals surface area contributed by atoms with Crippen LogP contribution in [0.15, 0.2) is 21.7 Å². The fraction of sp³-hybridized carbons (Fsp3) is 0.500. The molecule has 1 aromatic carbocycles. The summed E-state index contributed by atoms with van der Waals surface area (Å²) < 4.78 is 6.76. The molecule has 0 saturated carbocycles. The molecule has 1 saturated heterocycles. The van der Waals surface area contributed by atoms with Crippen LogP contribution in [0, 0.1) is 0 Å². The van der Waals surface area contributed by atoms with Crippen molar-refractivity contribution < 1.29 is 9.53 Å². The zero-order valence-electron chi connectivity index (χ0n) is 13.9. The summed E-state index contributed by atoms with van der Waals surface area (Å²) in [6.45, 7) is 6.40. The first-order chi connectivity index (χ1) is 11.4. The number of ether oxygens (including phenoxy) is 1. The van der Waals surface area contributed by atoms with E-state index in [9.17, 15) is 4.79 Å². The van der Waals surface area contributed by atoms with Crippen molar-refractivity contribution in [2.75, 3.05) is 37.0 Å². The van der Waals surface area contributed by atoms with E-state index in [-0.39, 0.29) is 17.5 Å². The number of anilines is 2. The summed E-state index contributed by atoms with van der Waals surface area (Å²) in [5.74, 6) is 1.36. The second-order valence-corrected chi connectivity index (χ2v) is 7.85. The van der Waals surface area contributed by atoms with Crippen LogP contribution in [0.5, 0.6) is 5.75 Å². The van der Waals surface area contributed by atoms with Crippen molar-refractivity contribution in [3.8, 4) is 5.75 Å². The van der Waals surface area contributed by atoms with Crippen molar-refractivity contribution in [1.82, 2.24) is 10.3 Å². The van der Waals surface area contributed by atoms with Gasteiger partial charge in [-0.2, -0.15) is 5.10 Å². The van der Waals surface area contributed by atoms with Gasteiger partial charge in [0.05, 0.1) is 16.9 Å². The number of hydrogen-bond acceptors (Lipinski definition) is 6. The molecule has 2 N–H and O–H groups in total. The molecule has 24 heavy (non-hydrogen) atoms. The highest BCUT2D eigenvalue weighted by Gasteiger charge is 2.38. The predicted molar refractivity (Wildman–Crippen MR) is 96.7 cm³/mol. The van der Waals surface area contributed by atoms with Gasteiger partial charge in [-0.1, -0.05) is 0 Å².